The number of halogens is 3. The number of hydrogen-bond acceptors (Lipinski definition) is 4. The molecular weight excluding hydrogens is 604 g/mol. The molecule has 9 heteroatoms. The van der Waals surface area contributed by atoms with E-state index in [0.29, 0.717) is 22.7 Å². The Bertz CT molecular complexity index is 1630. The summed E-state index contributed by atoms with van der Waals surface area (Å²) < 4.78 is 40.0. The Balaban J connectivity index is 0.00000442. The first-order valence-corrected chi connectivity index (χ1v) is 14.4. The zero-order valence-corrected chi connectivity index (χ0v) is 26.0. The van der Waals surface area contributed by atoms with Crippen LogP contribution in [0.25, 0.3) is 0 Å². The first-order chi connectivity index (χ1) is 20.7. The first-order valence-electron chi connectivity index (χ1n) is 14.4. The van der Waals surface area contributed by atoms with Gasteiger partial charge in [-0.2, -0.15) is 13.2 Å². The first kappa shape index (κ1) is 32.9. The van der Waals surface area contributed by atoms with Crippen LogP contribution in [-0.4, -0.2) is 22.3 Å². The number of alkyl halides is 3. The molecule has 0 bridgehead atoms. The Morgan fingerprint density at radius 3 is 2.14 bits per heavy atom. The molecule has 5 nitrogen and oxygen atoms in total. The van der Waals surface area contributed by atoms with E-state index < -0.39 is 11.7 Å². The van der Waals surface area contributed by atoms with Crippen molar-refractivity contribution in [1.29, 1.82) is 0 Å². The Labute approximate surface area is 267 Å². The van der Waals surface area contributed by atoms with Crippen LogP contribution in [0.1, 0.15) is 64.6 Å². The average molecular weight is 639 g/mol. The summed E-state index contributed by atoms with van der Waals surface area (Å²) >= 11 is 0. The van der Waals surface area contributed by atoms with Gasteiger partial charge in [0.05, 0.1) is 10.3 Å². The number of benzene rings is 4. The van der Waals surface area contributed by atoms with Crippen molar-refractivity contribution in [2.45, 2.75) is 58.5 Å². The second-order valence-electron chi connectivity index (χ2n) is 10.9. The van der Waals surface area contributed by atoms with Crippen molar-refractivity contribution >= 4 is 23.8 Å². The van der Waals surface area contributed by atoms with Gasteiger partial charge in [0.15, 0.2) is 0 Å². The number of rotatable bonds is 10. The van der Waals surface area contributed by atoms with Gasteiger partial charge in [-0.3, -0.25) is 4.99 Å². The van der Waals surface area contributed by atoms with Crippen LogP contribution in [-0.2, 0) is 42.6 Å². The smallest absolute Gasteiger partial charge is 0.416 e. The summed E-state index contributed by atoms with van der Waals surface area (Å²) in [6.45, 7) is 4.06. The maximum absolute atomic E-state index is 12.9. The van der Waals surface area contributed by atoms with Crippen LogP contribution in [0, 0.1) is 13.8 Å². The molecule has 1 aliphatic heterocycles. The van der Waals surface area contributed by atoms with Gasteiger partial charge in [-0.25, -0.2) is 4.89 Å². The van der Waals surface area contributed by atoms with E-state index in [9.17, 15) is 18.3 Å². The standard InChI is InChI=1S/C35H33F3N2O3.V/c1-24-12-14-26(15-13-24)22-39-31-21-25(2)20-29(33(31)41)9-6-4-3-5-8-28-10-7-11-32-34(28)42-43-40(32)23-27-16-18-30(19-17-27)35(36,37)38;/h7,10-23H,3-6,8-9H2,1-2H3;/p+1/b39-22?,40-23+;. The number of aryl methyl sites for hydroxylation is 4. The van der Waals surface area contributed by atoms with Crippen molar-refractivity contribution in [3.8, 4) is 11.5 Å². The van der Waals surface area contributed by atoms with Gasteiger partial charge < -0.3 is 5.11 Å². The minimum atomic E-state index is -4.38. The second-order valence-corrected chi connectivity index (χ2v) is 10.9. The van der Waals surface area contributed by atoms with Gasteiger partial charge in [0.1, 0.15) is 11.4 Å². The monoisotopic (exact) mass is 638 g/mol. The number of phenols is 1. The van der Waals surface area contributed by atoms with E-state index in [-0.39, 0.29) is 24.3 Å². The summed E-state index contributed by atoms with van der Waals surface area (Å²) in [5.74, 6) is 0.859. The maximum atomic E-state index is 12.9. The number of aromatic hydroxyl groups is 1. The fourth-order valence-electron chi connectivity index (χ4n) is 5.04. The van der Waals surface area contributed by atoms with E-state index >= 15 is 0 Å². The summed E-state index contributed by atoms with van der Waals surface area (Å²) in [5, 5.41) is 10.8. The normalized spacial score (nSPS) is 13.4. The molecule has 1 radical (unpaired) electrons. The van der Waals surface area contributed by atoms with Gasteiger partial charge in [0.2, 0.25) is 6.21 Å². The molecule has 0 aliphatic carbocycles. The van der Waals surface area contributed by atoms with Gasteiger partial charge in [0, 0.05) is 42.0 Å². The maximum Gasteiger partial charge on any atom is 0.416 e. The van der Waals surface area contributed by atoms with Crippen LogP contribution in [0.15, 0.2) is 83.9 Å². The summed E-state index contributed by atoms with van der Waals surface area (Å²) in [4.78, 5) is 15.4. The third-order valence-corrected chi connectivity index (χ3v) is 7.40. The quantitative estimate of drug-likeness (QED) is 0.0816. The van der Waals surface area contributed by atoms with Crippen LogP contribution in [0.4, 0.5) is 24.5 Å². The van der Waals surface area contributed by atoms with Gasteiger partial charge >= 0.3 is 11.9 Å². The minimum Gasteiger partial charge on any atom is -0.505 e. The molecule has 1 heterocycles. The predicted molar refractivity (Wildman–Crippen MR) is 162 cm³/mol. The van der Waals surface area contributed by atoms with Crippen molar-refractivity contribution in [3.05, 3.63) is 118 Å². The molecule has 4 aromatic carbocycles. The zero-order valence-electron chi connectivity index (χ0n) is 24.6. The molecular formula is C35H34F3N2O3V+. The molecule has 227 valence electrons. The molecule has 0 fully saturated rings. The average Bonchev–Trinajstić information content (AvgIpc) is 3.39. The number of para-hydroxylation sites is 1. The van der Waals surface area contributed by atoms with Crippen LogP contribution in [0.3, 0.4) is 0 Å². The molecule has 0 atom stereocenters. The van der Waals surface area contributed by atoms with Crippen molar-refractivity contribution in [3.63, 3.8) is 0 Å². The van der Waals surface area contributed by atoms with Gasteiger partial charge in [0.25, 0.3) is 5.75 Å². The van der Waals surface area contributed by atoms with Gasteiger partial charge in [-0.15, -0.1) is 0 Å². The molecule has 0 unspecified atom stereocenters. The molecule has 5 rings (SSSR count). The van der Waals surface area contributed by atoms with E-state index in [1.54, 1.807) is 12.4 Å². The number of hydrogen-bond donors (Lipinski definition) is 1. The zero-order chi connectivity index (χ0) is 30.4. The van der Waals surface area contributed by atoms with Crippen LogP contribution in [0.2, 0.25) is 0 Å². The summed E-state index contributed by atoms with van der Waals surface area (Å²) in [6, 6.07) is 22.6. The molecule has 1 N–H and O–H groups in total. The number of unbranched alkanes of at least 4 members (excludes halogenated alkanes) is 3. The minimum absolute atomic E-state index is 0. The topological polar surface area (TPSA) is 54.1 Å². The molecule has 0 amide bonds. The van der Waals surface area contributed by atoms with E-state index in [4.69, 9.17) is 9.88 Å². The van der Waals surface area contributed by atoms with Crippen LogP contribution >= 0.6 is 0 Å². The molecule has 1 aliphatic rings. The molecule has 44 heavy (non-hydrogen) atoms. The van der Waals surface area contributed by atoms with Crippen LogP contribution < -0.4 is 4.89 Å². The van der Waals surface area contributed by atoms with Crippen molar-refractivity contribution in [2.75, 3.05) is 0 Å². The molecule has 0 aromatic heterocycles. The number of phenolic OH excluding ortho intramolecular Hbond substituents is 1. The van der Waals surface area contributed by atoms with Crippen molar-refractivity contribution in [2.24, 2.45) is 4.99 Å². The Morgan fingerprint density at radius 1 is 0.795 bits per heavy atom. The van der Waals surface area contributed by atoms with Crippen LogP contribution in [0.5, 0.6) is 11.5 Å². The predicted octanol–water partition coefficient (Wildman–Crippen LogP) is 9.12. The molecule has 4 aromatic rings. The largest absolute Gasteiger partial charge is 0.505 e. The third kappa shape index (κ3) is 8.33. The Morgan fingerprint density at radius 2 is 1.45 bits per heavy atom. The number of fused-ring (bicyclic) bond motifs is 1. The van der Waals surface area contributed by atoms with E-state index in [0.717, 1.165) is 72.9 Å². The fraction of sp³-hybridized carbons (Fsp3) is 0.257. The number of aliphatic imine (C=N–C) groups is 1. The van der Waals surface area contributed by atoms with E-state index in [2.05, 4.69) is 4.99 Å². The molecule has 0 spiro atoms. The SMILES string of the molecule is Cc1ccc(C=Nc2cc(C)cc(CCCCCCc3cccc4c3OO/[N+]4=C/c3ccc(C(F)(F)F)cc3)c2O)cc1.[V]. The van der Waals surface area contributed by atoms with Crippen molar-refractivity contribution < 1.29 is 51.4 Å². The van der Waals surface area contributed by atoms with Crippen molar-refractivity contribution in [1.82, 2.24) is 0 Å². The third-order valence-electron chi connectivity index (χ3n) is 7.40. The summed E-state index contributed by atoms with van der Waals surface area (Å²) in [6.07, 6.45) is 4.48. The molecule has 0 saturated carbocycles. The Kier molecular flexibility index (Phi) is 11.0. The number of nitrogens with zero attached hydrogens (tertiary/aromatic N) is 2. The Hall–Kier alpha value is -4.01. The summed E-state index contributed by atoms with van der Waals surface area (Å²) in [5.41, 5.74) is 6.29. The van der Waals surface area contributed by atoms with E-state index in [1.807, 2.05) is 68.4 Å². The van der Waals surface area contributed by atoms with E-state index in [1.165, 1.54) is 22.4 Å². The fourth-order valence-corrected chi connectivity index (χ4v) is 5.04. The summed E-state index contributed by atoms with van der Waals surface area (Å²) in [7, 11) is 0. The molecule has 0 saturated heterocycles. The van der Waals surface area contributed by atoms with Gasteiger partial charge in [-0.05, 0) is 91.5 Å². The van der Waals surface area contributed by atoms with Gasteiger partial charge in [-0.1, -0.05) is 60.9 Å². The second kappa shape index (κ2) is 14.6.